The second-order valence-corrected chi connectivity index (χ2v) is 18.2. The fourth-order valence-electron chi connectivity index (χ4n) is 8.01. The number of fused-ring (bicyclic) bond motifs is 2. The molecule has 4 heterocycles. The molecule has 14 nitrogen and oxygen atoms in total. The number of pyridine rings is 1. The average Bonchev–Trinajstić information content (AvgIpc) is 3.69. The van der Waals surface area contributed by atoms with Crippen molar-refractivity contribution in [3.05, 3.63) is 111 Å². The minimum absolute atomic E-state index is 0.0132. The lowest BCUT2D eigenvalue weighted by atomic mass is 9.72. The van der Waals surface area contributed by atoms with Crippen molar-refractivity contribution in [3.8, 4) is 17.2 Å². The van der Waals surface area contributed by atoms with E-state index in [1.165, 1.54) is 35.0 Å². The standard InChI is InChI=1S/C43H46ClN7O7S/c1-4-31-26-57-39-22-34(21-37(51(53)54)40(39)47-31)59(55,56)48-42(52)35-10-9-32(20-38(35)58-33-19-28-12-14-45-41(28)46-24-33)50-17-15-49(16-18-50)25-29-11-13-43(2,3)23-36(29)27-5-7-30(44)8-6-27/h5-10,12,14,19-22,24,31,47H,4,11,13,15-18,23,25-26H2,1-3H3,(H,45,46)(H,48,52)/t31-/m0/s1. The van der Waals surface area contributed by atoms with Crippen molar-refractivity contribution in [2.75, 3.05) is 49.5 Å². The summed E-state index contributed by atoms with van der Waals surface area (Å²) in [5.41, 5.74) is 5.35. The summed E-state index contributed by atoms with van der Waals surface area (Å²) in [6.45, 7) is 10.7. The number of allylic oxidation sites excluding steroid dienone is 1. The maximum absolute atomic E-state index is 13.9. The molecule has 308 valence electrons. The number of aromatic amines is 1. The molecule has 2 aromatic heterocycles. The number of carbonyl (C=O) groups is 1. The van der Waals surface area contributed by atoms with Gasteiger partial charge in [-0.3, -0.25) is 19.8 Å². The Kier molecular flexibility index (Phi) is 11.0. The molecule has 0 bridgehead atoms. The van der Waals surface area contributed by atoms with Crippen LogP contribution in [-0.4, -0.2) is 79.5 Å². The Morgan fingerprint density at radius 1 is 1.08 bits per heavy atom. The van der Waals surface area contributed by atoms with E-state index < -0.39 is 31.4 Å². The van der Waals surface area contributed by atoms with Gasteiger partial charge in [0.1, 0.15) is 23.8 Å². The summed E-state index contributed by atoms with van der Waals surface area (Å²) < 4.78 is 41.5. The molecule has 3 N–H and O–H groups in total. The highest BCUT2D eigenvalue weighted by Gasteiger charge is 2.33. The number of nitro benzene ring substituents is 1. The van der Waals surface area contributed by atoms with Crippen molar-refractivity contribution in [1.82, 2.24) is 19.6 Å². The van der Waals surface area contributed by atoms with Gasteiger partial charge in [-0.1, -0.05) is 50.1 Å². The molecule has 1 atom stereocenters. The zero-order chi connectivity index (χ0) is 41.5. The largest absolute Gasteiger partial charge is 0.489 e. The summed E-state index contributed by atoms with van der Waals surface area (Å²) in [5.74, 6) is -0.500. The van der Waals surface area contributed by atoms with Gasteiger partial charge in [-0.05, 0) is 78.6 Å². The van der Waals surface area contributed by atoms with Gasteiger partial charge in [-0.15, -0.1) is 0 Å². The van der Waals surface area contributed by atoms with E-state index in [1.54, 1.807) is 24.4 Å². The first-order chi connectivity index (χ1) is 28.2. The normalized spacial score (nSPS) is 18.2. The number of ether oxygens (including phenoxy) is 2. The molecule has 5 aromatic rings. The summed E-state index contributed by atoms with van der Waals surface area (Å²) in [6, 6.07) is 18.7. The van der Waals surface area contributed by atoms with E-state index in [1.807, 2.05) is 25.1 Å². The van der Waals surface area contributed by atoms with Gasteiger partial charge in [0.15, 0.2) is 11.4 Å². The molecule has 0 spiro atoms. The lowest BCUT2D eigenvalue weighted by Gasteiger charge is -2.39. The molecule has 1 saturated heterocycles. The van der Waals surface area contributed by atoms with E-state index in [9.17, 15) is 23.3 Å². The Morgan fingerprint density at radius 3 is 2.61 bits per heavy atom. The Hall–Kier alpha value is -5.64. The molecule has 1 amide bonds. The summed E-state index contributed by atoms with van der Waals surface area (Å²) >= 11 is 6.23. The van der Waals surface area contributed by atoms with Gasteiger partial charge < -0.3 is 24.7 Å². The van der Waals surface area contributed by atoms with Gasteiger partial charge in [0.05, 0.1) is 27.6 Å². The number of sulfonamides is 1. The molecule has 16 heteroatoms. The summed E-state index contributed by atoms with van der Waals surface area (Å²) in [4.78, 5) is 36.9. The Labute approximate surface area is 347 Å². The van der Waals surface area contributed by atoms with Crippen molar-refractivity contribution in [3.63, 3.8) is 0 Å². The van der Waals surface area contributed by atoms with Crippen LogP contribution in [0.4, 0.5) is 17.1 Å². The topological polar surface area (TPSA) is 172 Å². The number of benzene rings is 3. The van der Waals surface area contributed by atoms with E-state index in [4.69, 9.17) is 21.1 Å². The number of hydrogen-bond donors (Lipinski definition) is 3. The zero-order valence-corrected chi connectivity index (χ0v) is 34.7. The monoisotopic (exact) mass is 839 g/mol. The zero-order valence-electron chi connectivity index (χ0n) is 33.1. The summed E-state index contributed by atoms with van der Waals surface area (Å²) in [5, 5.41) is 16.6. The quantitative estimate of drug-likeness (QED) is 0.0862. The third-order valence-corrected chi connectivity index (χ3v) is 13.0. The van der Waals surface area contributed by atoms with E-state index in [0.29, 0.717) is 17.8 Å². The summed E-state index contributed by atoms with van der Waals surface area (Å²) in [7, 11) is -4.62. The number of nitrogens with one attached hydrogen (secondary N) is 3. The number of amides is 1. The average molecular weight is 840 g/mol. The number of nitro groups is 1. The van der Waals surface area contributed by atoms with Gasteiger partial charge in [0.2, 0.25) is 0 Å². The number of rotatable bonds is 11. The molecule has 0 unspecified atom stereocenters. The van der Waals surface area contributed by atoms with E-state index >= 15 is 0 Å². The molecule has 0 radical (unpaired) electrons. The van der Waals surface area contributed by atoms with Crippen LogP contribution >= 0.6 is 11.6 Å². The number of H-pyrrole nitrogens is 1. The van der Waals surface area contributed by atoms with Gasteiger partial charge in [-0.2, -0.15) is 0 Å². The number of nitrogens with zero attached hydrogens (tertiary/aromatic N) is 4. The molecule has 8 rings (SSSR count). The smallest absolute Gasteiger partial charge is 0.297 e. The van der Waals surface area contributed by atoms with Crippen molar-refractivity contribution >= 4 is 61.2 Å². The first-order valence-corrected chi connectivity index (χ1v) is 21.6. The van der Waals surface area contributed by atoms with Gasteiger partial charge in [0.25, 0.3) is 21.6 Å². The maximum Gasteiger partial charge on any atom is 0.297 e. The van der Waals surface area contributed by atoms with E-state index in [-0.39, 0.29) is 40.8 Å². The number of halogens is 1. The maximum atomic E-state index is 13.9. The molecular formula is C43H46ClN7O7S. The Bertz CT molecular complexity index is 2570. The SMILES string of the molecule is CC[C@H]1COc2cc(S(=O)(=O)NC(=O)c3ccc(N4CCN(CC5=C(c6ccc(Cl)cc6)CC(C)(C)CC5)CC4)cc3Oc3cnc4[nH]ccc4c3)cc([N+](=O)[O-])c2N1. The van der Waals surface area contributed by atoms with E-state index in [2.05, 4.69) is 55.8 Å². The first kappa shape index (κ1) is 40.2. The number of piperazine rings is 1. The molecule has 59 heavy (non-hydrogen) atoms. The molecule has 0 saturated carbocycles. The van der Waals surface area contributed by atoms with Crippen molar-refractivity contribution < 1.29 is 27.6 Å². The van der Waals surface area contributed by atoms with Crippen molar-refractivity contribution in [2.45, 2.75) is 57.4 Å². The molecule has 3 aliphatic rings. The predicted molar refractivity (Wildman–Crippen MR) is 228 cm³/mol. The number of hydrogen-bond acceptors (Lipinski definition) is 11. The highest BCUT2D eigenvalue weighted by atomic mass is 35.5. The molecule has 1 fully saturated rings. The van der Waals surface area contributed by atoms with Crippen molar-refractivity contribution in [1.29, 1.82) is 0 Å². The van der Waals surface area contributed by atoms with Crippen LogP contribution in [0.5, 0.6) is 17.2 Å². The van der Waals surface area contributed by atoms with Crippen LogP contribution < -0.4 is 24.4 Å². The number of aromatic nitrogens is 2. The fourth-order valence-corrected chi connectivity index (χ4v) is 9.13. The minimum atomic E-state index is -4.62. The number of carbonyl (C=O) groups excluding carboxylic acids is 1. The van der Waals surface area contributed by atoms with Gasteiger partial charge in [0, 0.05) is 73.2 Å². The van der Waals surface area contributed by atoms with Crippen LogP contribution in [0.3, 0.4) is 0 Å². The Balaban J connectivity index is 1.04. The summed E-state index contributed by atoms with van der Waals surface area (Å²) in [6.07, 6.45) is 7.11. The molecule has 2 aliphatic heterocycles. The van der Waals surface area contributed by atoms with E-state index in [0.717, 1.165) is 74.1 Å². The Morgan fingerprint density at radius 2 is 1.86 bits per heavy atom. The van der Waals surface area contributed by atoms with Crippen LogP contribution in [0.15, 0.2) is 89.6 Å². The predicted octanol–water partition coefficient (Wildman–Crippen LogP) is 8.40. The second-order valence-electron chi connectivity index (χ2n) is 16.1. The lowest BCUT2D eigenvalue weighted by molar-refractivity contribution is -0.384. The van der Waals surface area contributed by atoms with Crippen LogP contribution in [-0.2, 0) is 10.0 Å². The lowest BCUT2D eigenvalue weighted by Crippen LogP contribution is -2.47. The highest BCUT2D eigenvalue weighted by Crippen LogP contribution is 2.44. The third-order valence-electron chi connectivity index (χ3n) is 11.4. The molecule has 1 aliphatic carbocycles. The minimum Gasteiger partial charge on any atom is -0.489 e. The number of anilines is 2. The van der Waals surface area contributed by atoms with Crippen LogP contribution in [0.2, 0.25) is 5.02 Å². The molecule has 3 aromatic carbocycles. The van der Waals surface area contributed by atoms with Crippen LogP contribution in [0, 0.1) is 15.5 Å². The first-order valence-electron chi connectivity index (χ1n) is 19.7. The van der Waals surface area contributed by atoms with Crippen LogP contribution in [0.25, 0.3) is 16.6 Å². The third kappa shape index (κ3) is 8.73. The molecular weight excluding hydrogens is 794 g/mol. The van der Waals surface area contributed by atoms with Crippen LogP contribution in [0.1, 0.15) is 62.4 Å². The second kappa shape index (κ2) is 16.2. The fraction of sp³-hybridized carbons (Fsp3) is 0.349. The van der Waals surface area contributed by atoms with Gasteiger partial charge >= 0.3 is 0 Å². The van der Waals surface area contributed by atoms with Gasteiger partial charge in [-0.25, -0.2) is 18.1 Å². The highest BCUT2D eigenvalue weighted by molar-refractivity contribution is 7.90. The van der Waals surface area contributed by atoms with Crippen molar-refractivity contribution in [2.24, 2.45) is 5.41 Å².